The molecule has 1 aliphatic rings. The van der Waals surface area contributed by atoms with Gasteiger partial charge in [-0.15, -0.1) is 0 Å². The number of pyridine rings is 1. The van der Waals surface area contributed by atoms with E-state index in [-0.39, 0.29) is 5.41 Å². The fourth-order valence-corrected chi connectivity index (χ4v) is 3.35. The van der Waals surface area contributed by atoms with E-state index < -0.39 is 0 Å². The van der Waals surface area contributed by atoms with E-state index in [0.29, 0.717) is 6.04 Å². The average Bonchev–Trinajstić information content (AvgIpc) is 2.45. The van der Waals surface area contributed by atoms with Crippen molar-refractivity contribution in [1.29, 1.82) is 0 Å². The van der Waals surface area contributed by atoms with Gasteiger partial charge in [-0.05, 0) is 29.9 Å². The number of rotatable bonds is 4. The van der Waals surface area contributed by atoms with E-state index in [1.54, 1.807) is 0 Å². The number of halogens is 1. The van der Waals surface area contributed by atoms with Crippen LogP contribution >= 0.6 is 15.9 Å². The molecule has 1 aromatic rings. The molecule has 0 aliphatic heterocycles. The molecule has 0 spiro atoms. The van der Waals surface area contributed by atoms with Gasteiger partial charge < -0.3 is 4.90 Å². The van der Waals surface area contributed by atoms with E-state index in [2.05, 4.69) is 59.9 Å². The molecule has 0 unspecified atom stereocenters. The second-order valence-corrected chi connectivity index (χ2v) is 7.62. The van der Waals surface area contributed by atoms with Crippen LogP contribution in [-0.2, 0) is 5.41 Å². The van der Waals surface area contributed by atoms with Gasteiger partial charge >= 0.3 is 0 Å². The van der Waals surface area contributed by atoms with Crippen LogP contribution in [0.25, 0.3) is 0 Å². The molecule has 112 valence electrons. The maximum absolute atomic E-state index is 4.74. The van der Waals surface area contributed by atoms with Gasteiger partial charge in [0.2, 0.25) is 0 Å². The summed E-state index contributed by atoms with van der Waals surface area (Å²) in [5.74, 6) is 1.14. The van der Waals surface area contributed by atoms with Crippen molar-refractivity contribution in [3.63, 3.8) is 0 Å². The van der Waals surface area contributed by atoms with Crippen LogP contribution in [0.3, 0.4) is 0 Å². The largest absolute Gasteiger partial charge is 0.353 e. The van der Waals surface area contributed by atoms with Crippen LogP contribution in [-0.4, -0.2) is 22.9 Å². The number of hydrogen-bond acceptors (Lipinski definition) is 2. The Bertz CT molecular complexity index is 402. The minimum Gasteiger partial charge on any atom is -0.353 e. The van der Waals surface area contributed by atoms with Crippen molar-refractivity contribution in [2.45, 2.75) is 64.3 Å². The lowest BCUT2D eigenvalue weighted by molar-refractivity contribution is 0.417. The van der Waals surface area contributed by atoms with Gasteiger partial charge in [0, 0.05) is 24.1 Å². The first-order valence-corrected chi connectivity index (χ1v) is 8.93. The minimum absolute atomic E-state index is 0.177. The van der Waals surface area contributed by atoms with Crippen LogP contribution < -0.4 is 4.90 Å². The smallest absolute Gasteiger partial charge is 0.128 e. The van der Waals surface area contributed by atoms with Crippen molar-refractivity contribution in [2.24, 2.45) is 0 Å². The fraction of sp³-hybridized carbons (Fsp3) is 0.706. The Morgan fingerprint density at radius 3 is 2.40 bits per heavy atom. The van der Waals surface area contributed by atoms with Gasteiger partial charge in [0.05, 0.1) is 0 Å². The fourth-order valence-electron chi connectivity index (χ4n) is 2.97. The average molecular weight is 339 g/mol. The number of hydrogen-bond donors (Lipinski definition) is 0. The summed E-state index contributed by atoms with van der Waals surface area (Å²) < 4.78 is 0. The van der Waals surface area contributed by atoms with E-state index in [1.165, 1.54) is 37.7 Å². The van der Waals surface area contributed by atoms with Gasteiger partial charge in [-0.1, -0.05) is 62.0 Å². The van der Waals surface area contributed by atoms with Gasteiger partial charge in [0.15, 0.2) is 0 Å². The molecule has 0 atom stereocenters. The molecule has 0 N–H and O–H groups in total. The predicted molar refractivity (Wildman–Crippen MR) is 91.0 cm³/mol. The summed E-state index contributed by atoms with van der Waals surface area (Å²) in [4.78, 5) is 7.24. The highest BCUT2D eigenvalue weighted by Crippen LogP contribution is 2.28. The Morgan fingerprint density at radius 2 is 1.90 bits per heavy atom. The molecule has 1 aliphatic carbocycles. The summed E-state index contributed by atoms with van der Waals surface area (Å²) in [7, 11) is 0. The Hall–Kier alpha value is -0.570. The molecule has 2 rings (SSSR count). The first-order valence-electron chi connectivity index (χ1n) is 7.81. The molecule has 0 amide bonds. The van der Waals surface area contributed by atoms with Gasteiger partial charge in [-0.3, -0.25) is 0 Å². The zero-order valence-corrected chi connectivity index (χ0v) is 14.6. The summed E-state index contributed by atoms with van der Waals surface area (Å²) in [6, 6.07) is 5.12. The van der Waals surface area contributed by atoms with E-state index in [9.17, 15) is 0 Å². The lowest BCUT2D eigenvalue weighted by Crippen LogP contribution is -2.38. The molecule has 1 fully saturated rings. The van der Waals surface area contributed by atoms with Crippen LogP contribution in [0.4, 0.5) is 5.82 Å². The van der Waals surface area contributed by atoms with Gasteiger partial charge in [-0.2, -0.15) is 0 Å². The molecule has 1 saturated carbocycles. The second kappa shape index (κ2) is 6.93. The van der Waals surface area contributed by atoms with Crippen LogP contribution in [0.1, 0.15) is 58.4 Å². The highest BCUT2D eigenvalue weighted by Gasteiger charge is 2.22. The molecule has 1 aromatic heterocycles. The molecule has 0 bridgehead atoms. The number of anilines is 1. The number of nitrogens with zero attached hydrogens (tertiary/aromatic N) is 2. The zero-order chi connectivity index (χ0) is 14.6. The highest BCUT2D eigenvalue weighted by molar-refractivity contribution is 9.09. The van der Waals surface area contributed by atoms with Gasteiger partial charge in [0.25, 0.3) is 0 Å². The maximum Gasteiger partial charge on any atom is 0.128 e. The van der Waals surface area contributed by atoms with E-state index in [0.717, 1.165) is 17.7 Å². The summed E-state index contributed by atoms with van der Waals surface area (Å²) in [6.45, 7) is 7.76. The van der Waals surface area contributed by atoms with Crippen molar-refractivity contribution in [2.75, 3.05) is 16.8 Å². The van der Waals surface area contributed by atoms with E-state index in [1.807, 2.05) is 0 Å². The quantitative estimate of drug-likeness (QED) is 0.725. The lowest BCUT2D eigenvalue weighted by Gasteiger charge is -2.35. The molecule has 0 radical (unpaired) electrons. The Balaban J connectivity index is 2.16. The normalized spacial score (nSPS) is 17.2. The lowest BCUT2D eigenvalue weighted by atomic mass is 9.88. The standard InChI is InChI=1S/C17H27BrN2/c1-17(2,3)14-9-10-16(19-13-14)20(12-11-18)15-7-5-4-6-8-15/h9-10,13,15H,4-8,11-12H2,1-3H3. The van der Waals surface area contributed by atoms with Crippen molar-refractivity contribution in [3.05, 3.63) is 23.9 Å². The van der Waals surface area contributed by atoms with Crippen LogP contribution in [0.15, 0.2) is 18.3 Å². The topological polar surface area (TPSA) is 16.1 Å². The van der Waals surface area contributed by atoms with Crippen LogP contribution in [0.2, 0.25) is 0 Å². The SMILES string of the molecule is CC(C)(C)c1ccc(N(CCBr)C2CCCCC2)nc1. The van der Waals surface area contributed by atoms with Crippen LogP contribution in [0.5, 0.6) is 0 Å². The summed E-state index contributed by atoms with van der Waals surface area (Å²) in [5.41, 5.74) is 1.49. The third kappa shape index (κ3) is 3.97. The first kappa shape index (κ1) is 15.8. The molecule has 3 heteroatoms. The molecule has 1 heterocycles. The van der Waals surface area contributed by atoms with Crippen molar-refractivity contribution in [1.82, 2.24) is 4.98 Å². The molecule has 0 aromatic carbocycles. The molecule has 2 nitrogen and oxygen atoms in total. The van der Waals surface area contributed by atoms with E-state index >= 15 is 0 Å². The van der Waals surface area contributed by atoms with E-state index in [4.69, 9.17) is 4.98 Å². The molecular formula is C17H27BrN2. The summed E-state index contributed by atoms with van der Waals surface area (Å²) in [5, 5.41) is 1.01. The van der Waals surface area contributed by atoms with Gasteiger partial charge in [-0.25, -0.2) is 4.98 Å². The van der Waals surface area contributed by atoms with Crippen molar-refractivity contribution < 1.29 is 0 Å². The summed E-state index contributed by atoms with van der Waals surface area (Å²) in [6.07, 6.45) is 8.81. The second-order valence-electron chi connectivity index (χ2n) is 6.83. The highest BCUT2D eigenvalue weighted by atomic mass is 79.9. The summed E-state index contributed by atoms with van der Waals surface area (Å²) >= 11 is 3.59. The Labute approximate surface area is 132 Å². The van der Waals surface area contributed by atoms with Crippen molar-refractivity contribution >= 4 is 21.7 Å². The minimum atomic E-state index is 0.177. The van der Waals surface area contributed by atoms with Crippen LogP contribution in [0, 0.1) is 0 Å². The van der Waals surface area contributed by atoms with Gasteiger partial charge in [0.1, 0.15) is 5.82 Å². The third-order valence-corrected chi connectivity index (χ3v) is 4.60. The zero-order valence-electron chi connectivity index (χ0n) is 13.0. The monoisotopic (exact) mass is 338 g/mol. The predicted octanol–water partition coefficient (Wildman–Crippen LogP) is 4.91. The number of alkyl halides is 1. The third-order valence-electron chi connectivity index (χ3n) is 4.25. The van der Waals surface area contributed by atoms with Crippen molar-refractivity contribution in [3.8, 4) is 0 Å². The first-order chi connectivity index (χ1) is 9.52. The molecular weight excluding hydrogens is 312 g/mol. The molecule has 20 heavy (non-hydrogen) atoms. The maximum atomic E-state index is 4.74. The Kier molecular flexibility index (Phi) is 5.48. The number of aromatic nitrogens is 1. The molecule has 0 saturated heterocycles. The Morgan fingerprint density at radius 1 is 1.20 bits per heavy atom.